The molecule has 0 N–H and O–H groups in total. The van der Waals surface area contributed by atoms with E-state index in [9.17, 15) is 0 Å². The summed E-state index contributed by atoms with van der Waals surface area (Å²) in [5.74, 6) is 0. The third-order valence-electron chi connectivity index (χ3n) is 5.61. The first-order valence-corrected chi connectivity index (χ1v) is 12.3. The van der Waals surface area contributed by atoms with Gasteiger partial charge in [-0.15, -0.1) is 11.3 Å². The van der Waals surface area contributed by atoms with Crippen LogP contribution >= 0.6 is 43.2 Å². The lowest BCUT2D eigenvalue weighted by atomic mass is 9.95. The molecule has 31 heavy (non-hydrogen) atoms. The number of fused-ring (bicyclic) bond motifs is 3. The summed E-state index contributed by atoms with van der Waals surface area (Å²) < 4.78 is 4.69. The Morgan fingerprint density at radius 2 is 0.935 bits per heavy atom. The van der Waals surface area contributed by atoms with Crippen molar-refractivity contribution < 1.29 is 0 Å². The molecule has 150 valence electrons. The predicted molar refractivity (Wildman–Crippen MR) is 146 cm³/mol. The molecule has 0 unspecified atom stereocenters. The van der Waals surface area contributed by atoms with Crippen molar-refractivity contribution in [1.29, 1.82) is 0 Å². The zero-order valence-electron chi connectivity index (χ0n) is 16.7. The van der Waals surface area contributed by atoms with E-state index in [1.807, 2.05) is 23.5 Å². The van der Waals surface area contributed by atoms with E-state index in [-0.39, 0.29) is 0 Å². The molecule has 5 rings (SSSR count). The quantitative estimate of drug-likeness (QED) is 0.210. The molecule has 0 bridgehead atoms. The first-order valence-electron chi connectivity index (χ1n) is 9.89. The van der Waals surface area contributed by atoms with Gasteiger partial charge in [-0.1, -0.05) is 106 Å². The van der Waals surface area contributed by atoms with E-state index in [2.05, 4.69) is 118 Å². The molecule has 1 aromatic heterocycles. The molecule has 0 atom stereocenters. The van der Waals surface area contributed by atoms with Crippen LogP contribution in [-0.2, 0) is 0 Å². The normalized spacial score (nSPS) is 11.2. The van der Waals surface area contributed by atoms with E-state index in [0.717, 1.165) is 8.95 Å². The fraction of sp³-hybridized carbons (Fsp3) is 0. The van der Waals surface area contributed by atoms with Crippen LogP contribution in [0, 0.1) is 0 Å². The average Bonchev–Trinajstić information content (AvgIpc) is 3.17. The van der Waals surface area contributed by atoms with Crippen molar-refractivity contribution >= 4 is 75.5 Å². The van der Waals surface area contributed by atoms with Crippen LogP contribution < -0.4 is 0 Å². The second kappa shape index (κ2) is 8.23. The molecule has 0 aliphatic heterocycles. The lowest BCUT2D eigenvalue weighted by Crippen LogP contribution is -1.84. The summed E-state index contributed by atoms with van der Waals surface area (Å²) in [6.45, 7) is 8.29. The van der Waals surface area contributed by atoms with E-state index < -0.39 is 0 Å². The second-order valence-electron chi connectivity index (χ2n) is 7.33. The van der Waals surface area contributed by atoms with Crippen molar-refractivity contribution in [2.75, 3.05) is 0 Å². The van der Waals surface area contributed by atoms with Gasteiger partial charge < -0.3 is 0 Å². The summed E-state index contributed by atoms with van der Waals surface area (Å²) in [5, 5.41) is 2.53. The van der Waals surface area contributed by atoms with Crippen molar-refractivity contribution in [2.24, 2.45) is 0 Å². The SMILES string of the molecule is C=Cc1c(-c2ccc(Br)cc2)ccc2c1sc1c(C=C)c(-c3ccc(Br)cc3)ccc12. The van der Waals surface area contributed by atoms with Crippen molar-refractivity contribution in [3.05, 3.63) is 106 Å². The Hall–Kier alpha value is -2.46. The molecule has 0 aliphatic carbocycles. The van der Waals surface area contributed by atoms with Crippen LogP contribution in [0.4, 0.5) is 0 Å². The van der Waals surface area contributed by atoms with Crippen LogP contribution in [0.15, 0.2) is 94.9 Å². The van der Waals surface area contributed by atoms with Gasteiger partial charge in [-0.3, -0.25) is 0 Å². The molecule has 0 amide bonds. The molecular formula is C28H18Br2S. The Morgan fingerprint density at radius 3 is 1.29 bits per heavy atom. The number of benzene rings is 4. The summed E-state index contributed by atoms with van der Waals surface area (Å²) in [5.41, 5.74) is 7.15. The lowest BCUT2D eigenvalue weighted by molar-refractivity contribution is 1.61. The van der Waals surface area contributed by atoms with E-state index in [1.54, 1.807) is 0 Å². The molecule has 0 nitrogen and oxygen atoms in total. The van der Waals surface area contributed by atoms with Crippen LogP contribution in [0.5, 0.6) is 0 Å². The van der Waals surface area contributed by atoms with Gasteiger partial charge >= 0.3 is 0 Å². The molecular weight excluding hydrogens is 528 g/mol. The van der Waals surface area contributed by atoms with Gasteiger partial charge in [0.1, 0.15) is 0 Å². The highest BCUT2D eigenvalue weighted by molar-refractivity contribution is 9.10. The molecule has 0 saturated heterocycles. The van der Waals surface area contributed by atoms with Crippen molar-refractivity contribution in [3.63, 3.8) is 0 Å². The van der Waals surface area contributed by atoms with Crippen LogP contribution in [0.3, 0.4) is 0 Å². The van der Waals surface area contributed by atoms with Gasteiger partial charge in [0, 0.05) is 29.1 Å². The maximum Gasteiger partial charge on any atom is 0.0434 e. The second-order valence-corrected chi connectivity index (χ2v) is 10.2. The summed E-state index contributed by atoms with van der Waals surface area (Å²) in [7, 11) is 0. The Morgan fingerprint density at radius 1 is 0.548 bits per heavy atom. The molecule has 4 aromatic carbocycles. The minimum Gasteiger partial charge on any atom is -0.134 e. The minimum absolute atomic E-state index is 1.08. The number of hydrogen-bond donors (Lipinski definition) is 0. The largest absolute Gasteiger partial charge is 0.134 e. The maximum atomic E-state index is 4.14. The number of halogens is 2. The van der Waals surface area contributed by atoms with E-state index >= 15 is 0 Å². The van der Waals surface area contributed by atoms with Crippen molar-refractivity contribution in [1.82, 2.24) is 0 Å². The van der Waals surface area contributed by atoms with Gasteiger partial charge in [0.2, 0.25) is 0 Å². The molecule has 0 spiro atoms. The van der Waals surface area contributed by atoms with E-state index in [4.69, 9.17) is 0 Å². The summed E-state index contributed by atoms with van der Waals surface area (Å²) in [4.78, 5) is 0. The van der Waals surface area contributed by atoms with E-state index in [0.29, 0.717) is 0 Å². The van der Waals surface area contributed by atoms with Gasteiger partial charge in [0.25, 0.3) is 0 Å². The van der Waals surface area contributed by atoms with Gasteiger partial charge in [0.15, 0.2) is 0 Å². The maximum absolute atomic E-state index is 4.14. The first-order chi connectivity index (χ1) is 15.1. The molecule has 0 aliphatic rings. The molecule has 0 radical (unpaired) electrons. The lowest BCUT2D eigenvalue weighted by Gasteiger charge is -2.08. The van der Waals surface area contributed by atoms with Crippen LogP contribution in [0.25, 0.3) is 54.6 Å². The topological polar surface area (TPSA) is 0 Å². The Bertz CT molecular complexity index is 1340. The Kier molecular flexibility index (Phi) is 5.43. The predicted octanol–water partition coefficient (Wildman–Crippen LogP) is 10.2. The molecule has 0 fully saturated rings. The standard InChI is InChI=1S/C28H18Br2S/c1-3-21-23(17-5-9-19(29)10-6-17)13-15-25-26-16-14-24(18-7-11-20(30)12-8-18)22(4-2)28(26)31-27(21)25/h3-16H,1-2H2. The van der Waals surface area contributed by atoms with Gasteiger partial charge in [-0.25, -0.2) is 0 Å². The number of hydrogen-bond acceptors (Lipinski definition) is 1. The van der Waals surface area contributed by atoms with Crippen molar-refractivity contribution in [2.45, 2.75) is 0 Å². The highest BCUT2D eigenvalue weighted by Crippen LogP contribution is 2.44. The van der Waals surface area contributed by atoms with Gasteiger partial charge in [0.05, 0.1) is 0 Å². The zero-order valence-corrected chi connectivity index (χ0v) is 20.6. The zero-order chi connectivity index (χ0) is 21.5. The fourth-order valence-corrected chi connectivity index (χ4v) is 6.03. The van der Waals surface area contributed by atoms with Crippen LogP contribution in [-0.4, -0.2) is 0 Å². The highest BCUT2D eigenvalue weighted by atomic mass is 79.9. The van der Waals surface area contributed by atoms with Gasteiger partial charge in [-0.2, -0.15) is 0 Å². The third kappa shape index (κ3) is 3.51. The summed E-state index contributed by atoms with van der Waals surface area (Å²) in [6.07, 6.45) is 3.97. The van der Waals surface area contributed by atoms with Crippen LogP contribution in [0.1, 0.15) is 11.1 Å². The first kappa shape index (κ1) is 20.4. The van der Waals surface area contributed by atoms with E-state index in [1.165, 1.54) is 53.6 Å². The monoisotopic (exact) mass is 544 g/mol. The smallest absolute Gasteiger partial charge is 0.0434 e. The third-order valence-corrected chi connectivity index (χ3v) is 7.95. The molecule has 1 heterocycles. The number of rotatable bonds is 4. The Balaban J connectivity index is 1.79. The fourth-order valence-electron chi connectivity index (χ4n) is 4.11. The molecule has 5 aromatic rings. The van der Waals surface area contributed by atoms with Crippen LogP contribution in [0.2, 0.25) is 0 Å². The molecule has 0 saturated carbocycles. The summed E-state index contributed by atoms with van der Waals surface area (Å²) >= 11 is 8.89. The minimum atomic E-state index is 1.08. The Labute approximate surface area is 202 Å². The highest BCUT2D eigenvalue weighted by Gasteiger charge is 2.16. The molecule has 3 heteroatoms. The van der Waals surface area contributed by atoms with Crippen molar-refractivity contribution in [3.8, 4) is 22.3 Å². The average molecular weight is 546 g/mol. The number of thiophene rings is 1. The summed E-state index contributed by atoms with van der Waals surface area (Å²) in [6, 6.07) is 25.8. The van der Waals surface area contributed by atoms with Gasteiger partial charge in [-0.05, 0) is 57.6 Å².